The number of ether oxygens (including phenoxy) is 2. The van der Waals surface area contributed by atoms with Crippen LogP contribution in [0.15, 0.2) is 42.7 Å². The molecule has 0 saturated heterocycles. The van der Waals surface area contributed by atoms with Gasteiger partial charge in [-0.15, -0.1) is 10.2 Å². The lowest BCUT2D eigenvalue weighted by atomic mass is 10.2. The number of pyridine rings is 1. The number of nitrogens with one attached hydrogen (secondary N) is 1. The molecule has 0 fully saturated rings. The average molecular weight is 340 g/mol. The molecule has 0 radical (unpaired) electrons. The molecule has 1 aromatic carbocycles. The van der Waals surface area contributed by atoms with Gasteiger partial charge in [-0.05, 0) is 29.5 Å². The van der Waals surface area contributed by atoms with E-state index in [-0.39, 0.29) is 12.5 Å². The molecule has 3 rings (SSSR count). The van der Waals surface area contributed by atoms with E-state index < -0.39 is 0 Å². The Balaban J connectivity index is 1.70. The largest absolute Gasteiger partial charge is 0.497 e. The minimum absolute atomic E-state index is 0.0897. The van der Waals surface area contributed by atoms with E-state index in [2.05, 4.69) is 25.7 Å². The predicted octanol–water partition coefficient (Wildman–Crippen LogP) is 1.39. The molecule has 2 aromatic heterocycles. The Labute approximate surface area is 143 Å². The number of tetrazole rings is 1. The van der Waals surface area contributed by atoms with Crippen LogP contribution in [0.25, 0.3) is 11.4 Å². The second kappa shape index (κ2) is 7.39. The Morgan fingerprint density at radius 2 is 2.12 bits per heavy atom. The molecule has 0 aliphatic rings. The minimum Gasteiger partial charge on any atom is -0.497 e. The molecule has 9 nitrogen and oxygen atoms in total. The fraction of sp³-hybridized carbons (Fsp3) is 0.188. The molecule has 1 N–H and O–H groups in total. The van der Waals surface area contributed by atoms with Crippen LogP contribution in [0.5, 0.6) is 11.5 Å². The first kappa shape index (κ1) is 16.4. The first-order valence-corrected chi connectivity index (χ1v) is 7.39. The first-order valence-electron chi connectivity index (χ1n) is 7.39. The molecule has 0 aliphatic heterocycles. The second-order valence-electron chi connectivity index (χ2n) is 5.00. The van der Waals surface area contributed by atoms with Gasteiger partial charge in [0.2, 0.25) is 11.7 Å². The molecule has 0 aliphatic carbocycles. The van der Waals surface area contributed by atoms with Crippen molar-refractivity contribution < 1.29 is 14.3 Å². The number of carbonyl (C=O) groups excluding carboxylic acids is 1. The van der Waals surface area contributed by atoms with E-state index in [1.54, 1.807) is 43.8 Å². The summed E-state index contributed by atoms with van der Waals surface area (Å²) < 4.78 is 10.4. The number of benzene rings is 1. The predicted molar refractivity (Wildman–Crippen MR) is 89.2 cm³/mol. The summed E-state index contributed by atoms with van der Waals surface area (Å²) >= 11 is 0. The third kappa shape index (κ3) is 3.89. The summed E-state index contributed by atoms with van der Waals surface area (Å²) in [6.07, 6.45) is 3.28. The zero-order valence-corrected chi connectivity index (χ0v) is 13.7. The van der Waals surface area contributed by atoms with E-state index in [4.69, 9.17) is 9.47 Å². The monoisotopic (exact) mass is 340 g/mol. The van der Waals surface area contributed by atoms with Crippen molar-refractivity contribution in [3.8, 4) is 22.9 Å². The van der Waals surface area contributed by atoms with Crippen molar-refractivity contribution in [2.24, 2.45) is 0 Å². The fourth-order valence-electron chi connectivity index (χ4n) is 2.15. The van der Waals surface area contributed by atoms with Gasteiger partial charge < -0.3 is 14.8 Å². The molecule has 0 unspecified atom stereocenters. The third-order valence-electron chi connectivity index (χ3n) is 3.34. The molecule has 0 spiro atoms. The molecular weight excluding hydrogens is 324 g/mol. The van der Waals surface area contributed by atoms with Crippen molar-refractivity contribution in [1.82, 2.24) is 25.2 Å². The smallest absolute Gasteiger partial charge is 0.248 e. The summed E-state index contributed by atoms with van der Waals surface area (Å²) in [6.45, 7) is -0.0897. The highest BCUT2D eigenvalue weighted by atomic mass is 16.5. The molecule has 0 bridgehead atoms. The summed E-state index contributed by atoms with van der Waals surface area (Å²) in [5.41, 5.74) is 1.23. The van der Waals surface area contributed by atoms with Gasteiger partial charge in [0.05, 0.1) is 19.9 Å². The Morgan fingerprint density at radius 1 is 1.24 bits per heavy atom. The number of amides is 1. The summed E-state index contributed by atoms with van der Waals surface area (Å²) in [5, 5.41) is 14.7. The second-order valence-corrected chi connectivity index (χ2v) is 5.00. The van der Waals surface area contributed by atoms with Crippen LogP contribution in [0, 0.1) is 0 Å². The lowest BCUT2D eigenvalue weighted by Gasteiger charge is -2.11. The van der Waals surface area contributed by atoms with Crippen LogP contribution in [0.3, 0.4) is 0 Å². The molecule has 128 valence electrons. The van der Waals surface area contributed by atoms with E-state index in [0.29, 0.717) is 23.0 Å². The van der Waals surface area contributed by atoms with E-state index in [0.717, 1.165) is 5.56 Å². The number of carbonyl (C=O) groups is 1. The van der Waals surface area contributed by atoms with Crippen LogP contribution in [0.4, 0.5) is 5.69 Å². The van der Waals surface area contributed by atoms with E-state index >= 15 is 0 Å². The maximum absolute atomic E-state index is 12.2. The molecule has 0 saturated carbocycles. The number of hydrogen-bond acceptors (Lipinski definition) is 7. The molecule has 3 aromatic rings. The van der Waals surface area contributed by atoms with E-state index in [1.807, 2.05) is 6.07 Å². The maximum Gasteiger partial charge on any atom is 0.248 e. The van der Waals surface area contributed by atoms with Gasteiger partial charge in [-0.1, -0.05) is 0 Å². The van der Waals surface area contributed by atoms with Gasteiger partial charge in [0.15, 0.2) is 0 Å². The number of aromatic nitrogens is 5. The quantitative estimate of drug-likeness (QED) is 0.723. The van der Waals surface area contributed by atoms with Crippen LogP contribution in [-0.4, -0.2) is 45.3 Å². The van der Waals surface area contributed by atoms with Gasteiger partial charge in [0.25, 0.3) is 0 Å². The number of nitrogens with zero attached hydrogens (tertiary/aromatic N) is 5. The van der Waals surface area contributed by atoms with Crippen LogP contribution < -0.4 is 14.8 Å². The Morgan fingerprint density at radius 3 is 2.84 bits per heavy atom. The van der Waals surface area contributed by atoms with Crippen LogP contribution in [0.2, 0.25) is 0 Å². The molecule has 1 amide bonds. The highest BCUT2D eigenvalue weighted by Crippen LogP contribution is 2.28. The van der Waals surface area contributed by atoms with Crippen molar-refractivity contribution in [2.75, 3.05) is 19.5 Å². The summed E-state index contributed by atoms with van der Waals surface area (Å²) in [7, 11) is 3.07. The molecular formula is C16H16N6O3. The number of hydrogen-bond donors (Lipinski definition) is 1. The van der Waals surface area contributed by atoms with Crippen LogP contribution in [0.1, 0.15) is 0 Å². The normalized spacial score (nSPS) is 10.3. The first-order chi connectivity index (χ1) is 12.2. The number of anilines is 1. The van der Waals surface area contributed by atoms with E-state index in [1.165, 1.54) is 11.9 Å². The lowest BCUT2D eigenvalue weighted by molar-refractivity contribution is -0.117. The van der Waals surface area contributed by atoms with Gasteiger partial charge in [-0.25, -0.2) is 0 Å². The molecule has 25 heavy (non-hydrogen) atoms. The van der Waals surface area contributed by atoms with Gasteiger partial charge in [-0.3, -0.25) is 9.78 Å². The highest BCUT2D eigenvalue weighted by molar-refractivity contribution is 5.92. The zero-order valence-electron chi connectivity index (χ0n) is 13.7. The summed E-state index contributed by atoms with van der Waals surface area (Å²) in [5.74, 6) is 1.21. The van der Waals surface area contributed by atoms with Crippen molar-refractivity contribution in [2.45, 2.75) is 6.54 Å². The SMILES string of the molecule is COc1ccc(OC)c(NC(=O)Cn2nnc(-c3cccnc3)n2)c1. The number of rotatable bonds is 6. The lowest BCUT2D eigenvalue weighted by Crippen LogP contribution is -2.20. The Bertz CT molecular complexity index is 865. The van der Waals surface area contributed by atoms with Crippen molar-refractivity contribution in [1.29, 1.82) is 0 Å². The molecule has 9 heteroatoms. The average Bonchev–Trinajstić information content (AvgIpc) is 3.10. The standard InChI is InChI=1S/C16H16N6O3/c1-24-12-5-6-14(25-2)13(8-12)18-15(23)10-22-20-16(19-21-22)11-4-3-7-17-9-11/h3-9H,10H2,1-2H3,(H,18,23). The zero-order chi connectivity index (χ0) is 17.6. The maximum atomic E-state index is 12.2. The molecule has 2 heterocycles. The Kier molecular flexibility index (Phi) is 4.84. The van der Waals surface area contributed by atoms with E-state index in [9.17, 15) is 4.79 Å². The van der Waals surface area contributed by atoms with Gasteiger partial charge in [0, 0.05) is 24.0 Å². The summed E-state index contributed by atoms with van der Waals surface area (Å²) in [4.78, 5) is 17.5. The van der Waals surface area contributed by atoms with Gasteiger partial charge >= 0.3 is 0 Å². The van der Waals surface area contributed by atoms with Crippen LogP contribution in [-0.2, 0) is 11.3 Å². The van der Waals surface area contributed by atoms with Crippen molar-refractivity contribution in [3.05, 3.63) is 42.7 Å². The van der Waals surface area contributed by atoms with Crippen molar-refractivity contribution in [3.63, 3.8) is 0 Å². The van der Waals surface area contributed by atoms with Gasteiger partial charge in [0.1, 0.15) is 18.0 Å². The van der Waals surface area contributed by atoms with Crippen molar-refractivity contribution >= 4 is 11.6 Å². The highest BCUT2D eigenvalue weighted by Gasteiger charge is 2.12. The van der Waals surface area contributed by atoms with Gasteiger partial charge in [-0.2, -0.15) is 4.80 Å². The topological polar surface area (TPSA) is 104 Å². The minimum atomic E-state index is -0.318. The fourth-order valence-corrected chi connectivity index (χ4v) is 2.15. The third-order valence-corrected chi connectivity index (χ3v) is 3.34. The Hall–Kier alpha value is -3.49. The summed E-state index contributed by atoms with van der Waals surface area (Å²) in [6, 6.07) is 8.72. The van der Waals surface area contributed by atoms with Crippen LogP contribution >= 0.6 is 0 Å². The molecule has 0 atom stereocenters. The number of methoxy groups -OCH3 is 2.